The Hall–Kier alpha value is -0.450. The van der Waals surface area contributed by atoms with Crippen LogP contribution in [-0.4, -0.2) is 6.54 Å². The SMILES string of the molecule is CCNc1ccc(N)c(I)c1. The van der Waals surface area contributed by atoms with Crippen molar-refractivity contribution < 1.29 is 0 Å². The molecule has 3 heteroatoms. The lowest BCUT2D eigenvalue weighted by molar-refractivity contribution is 1.21. The van der Waals surface area contributed by atoms with Crippen LogP contribution >= 0.6 is 22.6 Å². The van der Waals surface area contributed by atoms with Gasteiger partial charge in [-0.1, -0.05) is 0 Å². The lowest BCUT2D eigenvalue weighted by Gasteiger charge is -2.04. The van der Waals surface area contributed by atoms with Crippen LogP contribution in [0.5, 0.6) is 0 Å². The van der Waals surface area contributed by atoms with Gasteiger partial charge in [0.05, 0.1) is 0 Å². The van der Waals surface area contributed by atoms with E-state index >= 15 is 0 Å². The van der Waals surface area contributed by atoms with Crippen molar-refractivity contribution in [2.45, 2.75) is 6.92 Å². The second-order valence-corrected chi connectivity index (χ2v) is 3.43. The molecule has 0 atom stereocenters. The highest BCUT2D eigenvalue weighted by atomic mass is 127. The molecule has 0 aliphatic carbocycles. The molecule has 1 rings (SSSR count). The fourth-order valence-electron chi connectivity index (χ4n) is 0.841. The first-order valence-electron chi connectivity index (χ1n) is 3.53. The van der Waals surface area contributed by atoms with Crippen LogP contribution in [0, 0.1) is 3.57 Å². The molecule has 1 aromatic rings. The predicted octanol–water partition coefficient (Wildman–Crippen LogP) is 2.31. The number of nitrogens with two attached hydrogens (primary N) is 1. The van der Waals surface area contributed by atoms with E-state index in [2.05, 4.69) is 34.8 Å². The van der Waals surface area contributed by atoms with Gasteiger partial charge in [-0.3, -0.25) is 0 Å². The largest absolute Gasteiger partial charge is 0.398 e. The van der Waals surface area contributed by atoms with Crippen molar-refractivity contribution >= 4 is 34.0 Å². The second kappa shape index (κ2) is 3.80. The lowest BCUT2D eigenvalue weighted by Crippen LogP contribution is -1.97. The molecular weight excluding hydrogens is 251 g/mol. The molecule has 0 saturated carbocycles. The van der Waals surface area contributed by atoms with Gasteiger partial charge in [0.25, 0.3) is 0 Å². The number of hydrogen-bond acceptors (Lipinski definition) is 2. The van der Waals surface area contributed by atoms with Crippen LogP contribution in [0.1, 0.15) is 6.92 Å². The van der Waals surface area contributed by atoms with Crippen molar-refractivity contribution in [1.82, 2.24) is 0 Å². The van der Waals surface area contributed by atoms with E-state index in [4.69, 9.17) is 5.73 Å². The molecule has 1 aromatic carbocycles. The van der Waals surface area contributed by atoms with Crippen LogP contribution in [0.4, 0.5) is 11.4 Å². The molecule has 0 aliphatic heterocycles. The Morgan fingerprint density at radius 3 is 2.82 bits per heavy atom. The molecule has 0 aromatic heterocycles. The topological polar surface area (TPSA) is 38.0 Å². The summed E-state index contributed by atoms with van der Waals surface area (Å²) in [6.07, 6.45) is 0. The van der Waals surface area contributed by atoms with Crippen molar-refractivity contribution in [2.24, 2.45) is 0 Å². The minimum atomic E-state index is 0.840. The van der Waals surface area contributed by atoms with Crippen molar-refractivity contribution in [1.29, 1.82) is 0 Å². The number of hydrogen-bond donors (Lipinski definition) is 2. The van der Waals surface area contributed by atoms with Crippen LogP contribution in [0.2, 0.25) is 0 Å². The summed E-state index contributed by atoms with van der Waals surface area (Å²) in [5.74, 6) is 0. The Morgan fingerprint density at radius 1 is 1.55 bits per heavy atom. The zero-order valence-corrected chi connectivity index (χ0v) is 8.55. The van der Waals surface area contributed by atoms with Crippen LogP contribution in [0.25, 0.3) is 0 Å². The lowest BCUT2D eigenvalue weighted by atomic mass is 10.3. The summed E-state index contributed by atoms with van der Waals surface area (Å²) in [7, 11) is 0. The van der Waals surface area contributed by atoms with Gasteiger partial charge < -0.3 is 11.1 Å². The van der Waals surface area contributed by atoms with E-state index < -0.39 is 0 Å². The van der Waals surface area contributed by atoms with Gasteiger partial charge in [-0.25, -0.2) is 0 Å². The summed E-state index contributed by atoms with van der Waals surface area (Å²) >= 11 is 2.22. The van der Waals surface area contributed by atoms with Crippen LogP contribution < -0.4 is 11.1 Å². The summed E-state index contributed by atoms with van der Waals surface area (Å²) in [6.45, 7) is 3.02. The van der Waals surface area contributed by atoms with Crippen LogP contribution in [0.3, 0.4) is 0 Å². The van der Waals surface area contributed by atoms with Gasteiger partial charge in [0.2, 0.25) is 0 Å². The highest BCUT2D eigenvalue weighted by Gasteiger charge is 1.95. The van der Waals surface area contributed by atoms with Crippen LogP contribution in [-0.2, 0) is 0 Å². The normalized spacial score (nSPS) is 9.64. The fraction of sp³-hybridized carbons (Fsp3) is 0.250. The number of nitrogens with one attached hydrogen (secondary N) is 1. The number of benzene rings is 1. The molecule has 0 unspecified atom stereocenters. The minimum Gasteiger partial charge on any atom is -0.398 e. The van der Waals surface area contributed by atoms with Crippen LogP contribution in [0.15, 0.2) is 18.2 Å². The molecule has 60 valence electrons. The Balaban J connectivity index is 2.86. The zero-order valence-electron chi connectivity index (χ0n) is 6.39. The highest BCUT2D eigenvalue weighted by molar-refractivity contribution is 14.1. The first-order valence-corrected chi connectivity index (χ1v) is 4.61. The summed E-state index contributed by atoms with van der Waals surface area (Å²) in [5, 5.41) is 3.22. The Bertz CT molecular complexity index is 248. The van der Waals surface area contributed by atoms with Crippen molar-refractivity contribution in [3.8, 4) is 0 Å². The quantitative estimate of drug-likeness (QED) is 0.634. The molecule has 0 spiro atoms. The van der Waals surface area contributed by atoms with E-state index in [9.17, 15) is 0 Å². The maximum Gasteiger partial charge on any atom is 0.0451 e. The number of anilines is 2. The average Bonchev–Trinajstić information content (AvgIpc) is 1.98. The average molecular weight is 262 g/mol. The third-order valence-electron chi connectivity index (χ3n) is 1.38. The predicted molar refractivity (Wildman–Crippen MR) is 57.7 cm³/mol. The van der Waals surface area contributed by atoms with Gasteiger partial charge in [0.1, 0.15) is 0 Å². The van der Waals surface area contributed by atoms with Gasteiger partial charge in [-0.05, 0) is 47.7 Å². The van der Waals surface area contributed by atoms with Crippen molar-refractivity contribution in [3.05, 3.63) is 21.8 Å². The first-order chi connectivity index (χ1) is 5.24. The van der Waals surface area contributed by atoms with E-state index in [1.807, 2.05) is 18.2 Å². The summed E-state index contributed by atoms with van der Waals surface area (Å²) in [6, 6.07) is 5.94. The molecule has 2 nitrogen and oxygen atoms in total. The van der Waals surface area contributed by atoms with Gasteiger partial charge in [0.15, 0.2) is 0 Å². The van der Waals surface area contributed by atoms with Gasteiger partial charge in [-0.15, -0.1) is 0 Å². The zero-order chi connectivity index (χ0) is 8.27. The highest BCUT2D eigenvalue weighted by Crippen LogP contribution is 2.18. The van der Waals surface area contributed by atoms with E-state index in [1.165, 1.54) is 0 Å². The standard InChI is InChI=1S/C8H11IN2/c1-2-11-6-3-4-8(10)7(9)5-6/h3-5,11H,2,10H2,1H3. The molecular formula is C8H11IN2. The molecule has 0 amide bonds. The Labute approximate surface area is 80.3 Å². The monoisotopic (exact) mass is 262 g/mol. The fourth-order valence-corrected chi connectivity index (χ4v) is 1.36. The molecule has 0 heterocycles. The Kier molecular flexibility index (Phi) is 2.99. The molecule has 0 fully saturated rings. The van der Waals surface area contributed by atoms with E-state index in [0.29, 0.717) is 0 Å². The van der Waals surface area contributed by atoms with Crippen molar-refractivity contribution in [2.75, 3.05) is 17.6 Å². The summed E-state index contributed by atoms with van der Waals surface area (Å²) in [5.41, 5.74) is 7.62. The summed E-state index contributed by atoms with van der Waals surface area (Å²) < 4.78 is 1.10. The van der Waals surface area contributed by atoms with Gasteiger partial charge in [-0.2, -0.15) is 0 Å². The second-order valence-electron chi connectivity index (χ2n) is 2.27. The maximum absolute atomic E-state index is 5.65. The number of halogens is 1. The minimum absolute atomic E-state index is 0.840. The third kappa shape index (κ3) is 2.25. The molecule has 0 saturated heterocycles. The molecule has 11 heavy (non-hydrogen) atoms. The van der Waals surface area contributed by atoms with Gasteiger partial charge >= 0.3 is 0 Å². The van der Waals surface area contributed by atoms with Crippen molar-refractivity contribution in [3.63, 3.8) is 0 Å². The third-order valence-corrected chi connectivity index (χ3v) is 2.32. The molecule has 0 radical (unpaired) electrons. The first kappa shape index (κ1) is 8.64. The van der Waals surface area contributed by atoms with Gasteiger partial charge in [0, 0.05) is 21.5 Å². The number of rotatable bonds is 2. The van der Waals surface area contributed by atoms with E-state index in [-0.39, 0.29) is 0 Å². The Morgan fingerprint density at radius 2 is 2.27 bits per heavy atom. The van der Waals surface area contributed by atoms with E-state index in [0.717, 1.165) is 21.5 Å². The maximum atomic E-state index is 5.65. The molecule has 0 bridgehead atoms. The summed E-state index contributed by atoms with van der Waals surface area (Å²) in [4.78, 5) is 0. The molecule has 3 N–H and O–H groups in total. The number of nitrogen functional groups attached to an aromatic ring is 1. The van der Waals surface area contributed by atoms with E-state index in [1.54, 1.807) is 0 Å². The molecule has 0 aliphatic rings. The smallest absolute Gasteiger partial charge is 0.0451 e.